The van der Waals surface area contributed by atoms with Gasteiger partial charge in [-0.3, -0.25) is 9.59 Å². The van der Waals surface area contributed by atoms with Crippen LogP contribution in [0.5, 0.6) is 0 Å². The van der Waals surface area contributed by atoms with Crippen LogP contribution in [0.1, 0.15) is 43.6 Å². The second-order valence-electron chi connectivity index (χ2n) is 7.53. The summed E-state index contributed by atoms with van der Waals surface area (Å²) in [6.07, 6.45) is 4.84. The molecule has 2 heterocycles. The van der Waals surface area contributed by atoms with E-state index in [0.717, 1.165) is 33.6 Å². The van der Waals surface area contributed by atoms with E-state index < -0.39 is 5.97 Å². The van der Waals surface area contributed by atoms with Crippen LogP contribution in [-0.4, -0.2) is 40.2 Å². The molecule has 1 aliphatic rings. The third-order valence-corrected chi connectivity index (χ3v) is 7.75. The number of rotatable bonds is 6. The number of nitrogens with zero attached hydrogens (tertiary/aromatic N) is 2. The van der Waals surface area contributed by atoms with Crippen LogP contribution in [0.2, 0.25) is 0 Å². The summed E-state index contributed by atoms with van der Waals surface area (Å²) in [6, 6.07) is 0.170. The average molecular weight is 422 g/mol. The van der Waals surface area contributed by atoms with E-state index >= 15 is 0 Å². The van der Waals surface area contributed by atoms with E-state index in [1.54, 1.807) is 11.3 Å². The Balaban J connectivity index is 1.48. The summed E-state index contributed by atoms with van der Waals surface area (Å²) in [5, 5.41) is 4.80. The van der Waals surface area contributed by atoms with Crippen molar-refractivity contribution in [1.29, 1.82) is 0 Å². The molecule has 1 amide bonds. The van der Waals surface area contributed by atoms with Crippen molar-refractivity contribution in [3.8, 4) is 0 Å². The molecule has 0 bridgehead atoms. The number of esters is 1. The quantitative estimate of drug-likeness (QED) is 0.433. The number of fused-ring (bicyclic) bond motifs is 1. The highest BCUT2D eigenvalue weighted by Gasteiger charge is 2.28. The van der Waals surface area contributed by atoms with Crippen molar-refractivity contribution in [2.45, 2.75) is 58.0 Å². The third-order valence-electron chi connectivity index (χ3n) is 5.67. The lowest BCUT2D eigenvalue weighted by Gasteiger charge is -2.34. The first-order valence-electron chi connectivity index (χ1n) is 9.65. The van der Waals surface area contributed by atoms with E-state index in [9.17, 15) is 9.59 Å². The molecular weight excluding hydrogens is 394 g/mol. The molecule has 1 N–H and O–H groups in total. The summed E-state index contributed by atoms with van der Waals surface area (Å²) in [5.74, 6) is 0.526. The third kappa shape index (κ3) is 4.84. The van der Waals surface area contributed by atoms with Gasteiger partial charge in [0.15, 0.2) is 6.61 Å². The van der Waals surface area contributed by atoms with Crippen LogP contribution in [0, 0.1) is 25.7 Å². The predicted octanol–water partition coefficient (Wildman–Crippen LogP) is 3.88. The first-order valence-corrected chi connectivity index (χ1v) is 11.5. The molecule has 8 heteroatoms. The van der Waals surface area contributed by atoms with E-state index in [0.29, 0.717) is 11.8 Å². The Morgan fingerprint density at radius 3 is 2.86 bits per heavy atom. The van der Waals surface area contributed by atoms with Crippen molar-refractivity contribution >= 4 is 45.2 Å². The number of carbonyl (C=O) groups excluding carboxylic acids is 2. The van der Waals surface area contributed by atoms with Crippen LogP contribution in [0.4, 0.5) is 0 Å². The zero-order valence-electron chi connectivity index (χ0n) is 16.8. The van der Waals surface area contributed by atoms with Crippen LogP contribution < -0.4 is 5.32 Å². The zero-order valence-corrected chi connectivity index (χ0v) is 18.4. The number of amides is 1. The molecule has 2 aromatic rings. The minimum absolute atomic E-state index is 0.116. The van der Waals surface area contributed by atoms with E-state index in [2.05, 4.69) is 36.1 Å². The molecule has 2 aromatic heterocycles. The topological polar surface area (TPSA) is 81.2 Å². The SMILES string of the molecule is Cc1sc2ncnc(SCC(=O)OCC(=O)N[C@@H]3CCC[C@H](C)[C@@H]3C)c2c1C. The van der Waals surface area contributed by atoms with Crippen LogP contribution in [-0.2, 0) is 14.3 Å². The smallest absolute Gasteiger partial charge is 0.316 e. The van der Waals surface area contributed by atoms with Gasteiger partial charge < -0.3 is 10.1 Å². The molecule has 0 unspecified atom stereocenters. The standard InChI is InChI=1S/C20H27N3O3S2/c1-11-6-5-7-15(12(11)2)23-16(24)8-26-17(25)9-27-19-18-13(3)14(4)28-20(18)22-10-21-19/h10-12,15H,5-9H2,1-4H3,(H,23,24)/t11-,12-,15+/m0/s1. The molecule has 1 aliphatic carbocycles. The maximum Gasteiger partial charge on any atom is 0.316 e. The largest absolute Gasteiger partial charge is 0.455 e. The van der Waals surface area contributed by atoms with Crippen LogP contribution in [0.3, 0.4) is 0 Å². The number of hydrogen-bond donors (Lipinski definition) is 1. The molecule has 3 atom stereocenters. The van der Waals surface area contributed by atoms with Gasteiger partial charge in [0.25, 0.3) is 5.91 Å². The molecule has 1 saturated carbocycles. The monoisotopic (exact) mass is 421 g/mol. The number of aryl methyl sites for hydroxylation is 2. The second-order valence-corrected chi connectivity index (χ2v) is 9.70. The Morgan fingerprint density at radius 1 is 1.29 bits per heavy atom. The van der Waals surface area contributed by atoms with Gasteiger partial charge in [-0.15, -0.1) is 11.3 Å². The van der Waals surface area contributed by atoms with E-state index in [1.807, 2.05) is 6.92 Å². The minimum Gasteiger partial charge on any atom is -0.455 e. The number of aromatic nitrogens is 2. The van der Waals surface area contributed by atoms with Crippen molar-refractivity contribution in [3.05, 3.63) is 16.8 Å². The number of ether oxygens (including phenoxy) is 1. The number of carbonyl (C=O) groups is 2. The minimum atomic E-state index is -0.415. The normalized spacial score (nSPS) is 22.2. The highest BCUT2D eigenvalue weighted by molar-refractivity contribution is 8.00. The summed E-state index contributed by atoms with van der Waals surface area (Å²) in [4.78, 5) is 35.0. The molecular formula is C20H27N3O3S2. The number of thiophene rings is 1. The van der Waals surface area contributed by atoms with Crippen LogP contribution in [0.15, 0.2) is 11.4 Å². The first-order chi connectivity index (χ1) is 13.4. The van der Waals surface area contributed by atoms with Crippen molar-refractivity contribution in [2.24, 2.45) is 11.8 Å². The van der Waals surface area contributed by atoms with Crippen molar-refractivity contribution in [3.63, 3.8) is 0 Å². The molecule has 0 aliphatic heterocycles. The van der Waals surface area contributed by atoms with Gasteiger partial charge in [-0.2, -0.15) is 0 Å². The Labute approximate surface area is 173 Å². The lowest BCUT2D eigenvalue weighted by Crippen LogP contribution is -2.45. The lowest BCUT2D eigenvalue weighted by molar-refractivity contribution is -0.146. The molecule has 28 heavy (non-hydrogen) atoms. The molecule has 0 spiro atoms. The van der Waals surface area contributed by atoms with E-state index in [4.69, 9.17) is 4.74 Å². The summed E-state index contributed by atoms with van der Waals surface area (Å²) < 4.78 is 5.16. The average Bonchev–Trinajstić information content (AvgIpc) is 2.96. The molecule has 0 saturated heterocycles. The van der Waals surface area contributed by atoms with E-state index in [1.165, 1.54) is 29.4 Å². The molecule has 0 aromatic carbocycles. The summed E-state index contributed by atoms with van der Waals surface area (Å²) in [7, 11) is 0. The van der Waals surface area contributed by atoms with Gasteiger partial charge in [-0.25, -0.2) is 9.97 Å². The molecule has 0 radical (unpaired) electrons. The van der Waals surface area contributed by atoms with Crippen LogP contribution >= 0.6 is 23.1 Å². The van der Waals surface area contributed by atoms with Gasteiger partial charge in [-0.05, 0) is 37.7 Å². The van der Waals surface area contributed by atoms with Crippen molar-refractivity contribution < 1.29 is 14.3 Å². The fraction of sp³-hybridized carbons (Fsp3) is 0.600. The molecule has 152 valence electrons. The van der Waals surface area contributed by atoms with Gasteiger partial charge in [0.2, 0.25) is 0 Å². The summed E-state index contributed by atoms with van der Waals surface area (Å²) in [6.45, 7) is 8.26. The van der Waals surface area contributed by atoms with Gasteiger partial charge in [-0.1, -0.05) is 38.5 Å². The number of nitrogens with one attached hydrogen (secondary N) is 1. The Hall–Kier alpha value is -1.67. The highest BCUT2D eigenvalue weighted by atomic mass is 32.2. The zero-order chi connectivity index (χ0) is 20.3. The second kappa shape index (κ2) is 9.22. The number of hydrogen-bond acceptors (Lipinski definition) is 7. The highest BCUT2D eigenvalue weighted by Crippen LogP contribution is 2.34. The summed E-state index contributed by atoms with van der Waals surface area (Å²) in [5.41, 5.74) is 1.15. The van der Waals surface area contributed by atoms with Crippen LogP contribution in [0.25, 0.3) is 10.2 Å². The molecule has 1 fully saturated rings. The Morgan fingerprint density at radius 2 is 2.07 bits per heavy atom. The fourth-order valence-electron chi connectivity index (χ4n) is 3.61. The van der Waals surface area contributed by atoms with Gasteiger partial charge in [0.05, 0.1) is 5.75 Å². The lowest BCUT2D eigenvalue weighted by atomic mass is 9.78. The molecule has 3 rings (SSSR count). The summed E-state index contributed by atoms with van der Waals surface area (Å²) >= 11 is 2.95. The Bertz CT molecular complexity index is 868. The van der Waals surface area contributed by atoms with Crippen molar-refractivity contribution in [1.82, 2.24) is 15.3 Å². The van der Waals surface area contributed by atoms with Gasteiger partial charge in [0.1, 0.15) is 16.2 Å². The maximum atomic E-state index is 12.2. The van der Waals surface area contributed by atoms with E-state index in [-0.39, 0.29) is 24.3 Å². The number of thioether (sulfide) groups is 1. The fourth-order valence-corrected chi connectivity index (χ4v) is 5.52. The predicted molar refractivity (Wildman–Crippen MR) is 113 cm³/mol. The van der Waals surface area contributed by atoms with Gasteiger partial charge in [0, 0.05) is 16.3 Å². The Kier molecular flexibility index (Phi) is 6.93. The first kappa shape index (κ1) is 21.0. The molecule has 6 nitrogen and oxygen atoms in total. The van der Waals surface area contributed by atoms with Crippen molar-refractivity contribution in [2.75, 3.05) is 12.4 Å². The maximum absolute atomic E-state index is 12.2. The van der Waals surface area contributed by atoms with Gasteiger partial charge >= 0.3 is 5.97 Å².